The molecular weight excluding hydrogens is 184 g/mol. The van der Waals surface area contributed by atoms with Crippen LogP contribution in [-0.2, 0) is 12.8 Å². The number of hydrogen-bond donors (Lipinski definition) is 0. The number of aryl methyl sites for hydroxylation is 1. The first-order valence-electron chi connectivity index (χ1n) is 5.62. The van der Waals surface area contributed by atoms with Gasteiger partial charge in [-0.15, -0.1) is 0 Å². The minimum absolute atomic E-state index is 0.807. The standard InChI is InChI=1S/C13H15N2/c1-10-5-6-12-11(8-10)9-14-13-4-2-3-7-15(12)13/h2-4,7,9-10H,5-6,8H2,1H3/q+1/t10-/m1/s1. The van der Waals surface area contributed by atoms with E-state index in [0.29, 0.717) is 0 Å². The molecule has 1 atom stereocenters. The molecule has 0 aliphatic heterocycles. The van der Waals surface area contributed by atoms with Crippen molar-refractivity contribution < 1.29 is 4.40 Å². The predicted molar refractivity (Wildman–Crippen MR) is 58.6 cm³/mol. The molecule has 3 rings (SSSR count). The summed E-state index contributed by atoms with van der Waals surface area (Å²) in [5, 5.41) is 0. The van der Waals surface area contributed by atoms with Crippen LogP contribution in [0, 0.1) is 5.92 Å². The van der Waals surface area contributed by atoms with Crippen molar-refractivity contribution in [2.75, 3.05) is 0 Å². The van der Waals surface area contributed by atoms with Gasteiger partial charge in [-0.25, -0.2) is 4.40 Å². The Kier molecular flexibility index (Phi) is 1.94. The first kappa shape index (κ1) is 8.84. The fourth-order valence-corrected chi connectivity index (χ4v) is 2.45. The van der Waals surface area contributed by atoms with E-state index >= 15 is 0 Å². The second-order valence-electron chi connectivity index (χ2n) is 4.51. The summed E-state index contributed by atoms with van der Waals surface area (Å²) in [5.74, 6) is 0.807. The minimum Gasteiger partial charge on any atom is -0.200 e. The molecule has 0 spiro atoms. The van der Waals surface area contributed by atoms with E-state index < -0.39 is 0 Å². The third-order valence-electron chi connectivity index (χ3n) is 3.29. The molecule has 2 nitrogen and oxygen atoms in total. The van der Waals surface area contributed by atoms with Gasteiger partial charge >= 0.3 is 5.65 Å². The lowest BCUT2D eigenvalue weighted by Crippen LogP contribution is -2.33. The molecule has 0 amide bonds. The fraction of sp³-hybridized carbons (Fsp3) is 0.385. The average Bonchev–Trinajstić information content (AvgIpc) is 2.28. The van der Waals surface area contributed by atoms with Crippen LogP contribution in [0.1, 0.15) is 24.6 Å². The topological polar surface area (TPSA) is 17.0 Å². The highest BCUT2D eigenvalue weighted by Crippen LogP contribution is 2.22. The smallest absolute Gasteiger partial charge is 0.200 e. The Morgan fingerprint density at radius 3 is 3.27 bits per heavy atom. The summed E-state index contributed by atoms with van der Waals surface area (Å²) in [6, 6.07) is 6.19. The van der Waals surface area contributed by atoms with Crippen LogP contribution >= 0.6 is 0 Å². The van der Waals surface area contributed by atoms with Crippen molar-refractivity contribution in [3.05, 3.63) is 41.9 Å². The third-order valence-corrected chi connectivity index (χ3v) is 3.29. The number of pyridine rings is 1. The van der Waals surface area contributed by atoms with E-state index in [1.807, 2.05) is 6.07 Å². The first-order chi connectivity index (χ1) is 7.34. The van der Waals surface area contributed by atoms with Crippen LogP contribution in [-0.4, -0.2) is 4.98 Å². The monoisotopic (exact) mass is 199 g/mol. The van der Waals surface area contributed by atoms with Crippen LogP contribution < -0.4 is 4.40 Å². The molecule has 2 aromatic rings. The number of aromatic nitrogens is 2. The maximum atomic E-state index is 4.49. The lowest BCUT2D eigenvalue weighted by atomic mass is 9.88. The van der Waals surface area contributed by atoms with Gasteiger partial charge in [-0.3, -0.25) is 0 Å². The Hall–Kier alpha value is -1.44. The van der Waals surface area contributed by atoms with Gasteiger partial charge in [-0.05, 0) is 29.8 Å². The lowest BCUT2D eigenvalue weighted by molar-refractivity contribution is -0.525. The zero-order chi connectivity index (χ0) is 10.3. The summed E-state index contributed by atoms with van der Waals surface area (Å²) in [7, 11) is 0. The van der Waals surface area contributed by atoms with Crippen LogP contribution in [0.2, 0.25) is 0 Å². The summed E-state index contributed by atoms with van der Waals surface area (Å²) in [6.07, 6.45) is 7.84. The molecule has 2 aromatic heterocycles. The number of rotatable bonds is 0. The van der Waals surface area contributed by atoms with E-state index in [2.05, 4.69) is 40.8 Å². The van der Waals surface area contributed by atoms with E-state index in [-0.39, 0.29) is 0 Å². The average molecular weight is 199 g/mol. The maximum Gasteiger partial charge on any atom is 0.327 e. The molecule has 0 aromatic carbocycles. The van der Waals surface area contributed by atoms with E-state index in [1.54, 1.807) is 0 Å². The second kappa shape index (κ2) is 3.30. The van der Waals surface area contributed by atoms with Crippen LogP contribution in [0.15, 0.2) is 30.6 Å². The minimum atomic E-state index is 0.807. The zero-order valence-corrected chi connectivity index (χ0v) is 8.98. The highest BCUT2D eigenvalue weighted by molar-refractivity contribution is 5.31. The summed E-state index contributed by atoms with van der Waals surface area (Å²) < 4.78 is 2.24. The Bertz CT molecular complexity index is 505. The molecule has 0 unspecified atom stereocenters. The second-order valence-corrected chi connectivity index (χ2v) is 4.51. The van der Waals surface area contributed by atoms with Crippen molar-refractivity contribution in [2.24, 2.45) is 5.92 Å². The third kappa shape index (κ3) is 1.41. The summed E-state index contributed by atoms with van der Waals surface area (Å²) in [4.78, 5) is 4.49. The molecule has 1 aliphatic carbocycles. The Balaban J connectivity index is 2.25. The first-order valence-corrected chi connectivity index (χ1v) is 5.62. The molecule has 0 radical (unpaired) electrons. The van der Waals surface area contributed by atoms with E-state index in [4.69, 9.17) is 0 Å². The lowest BCUT2D eigenvalue weighted by Gasteiger charge is -2.18. The van der Waals surface area contributed by atoms with Crippen LogP contribution in [0.25, 0.3) is 5.65 Å². The van der Waals surface area contributed by atoms with Crippen molar-refractivity contribution >= 4 is 5.65 Å². The van der Waals surface area contributed by atoms with Gasteiger partial charge < -0.3 is 0 Å². The highest BCUT2D eigenvalue weighted by Gasteiger charge is 2.22. The van der Waals surface area contributed by atoms with Gasteiger partial charge in [0, 0.05) is 18.1 Å². The molecule has 1 aliphatic rings. The number of hydrogen-bond acceptors (Lipinski definition) is 1. The predicted octanol–water partition coefficient (Wildman–Crippen LogP) is 1.95. The molecular formula is C13H15N2+. The SMILES string of the molecule is C[C@@H]1CCc2c(cnc3cccc[n+]23)C1. The van der Waals surface area contributed by atoms with Gasteiger partial charge in [0.05, 0.1) is 6.20 Å². The molecule has 2 heterocycles. The van der Waals surface area contributed by atoms with Crippen molar-refractivity contribution in [3.63, 3.8) is 0 Å². The molecule has 15 heavy (non-hydrogen) atoms. The van der Waals surface area contributed by atoms with Gasteiger partial charge in [0.1, 0.15) is 11.9 Å². The number of nitrogens with zero attached hydrogens (tertiary/aromatic N) is 2. The van der Waals surface area contributed by atoms with Crippen LogP contribution in [0.3, 0.4) is 0 Å². The molecule has 2 heteroatoms. The molecule has 0 saturated heterocycles. The quantitative estimate of drug-likeness (QED) is 0.593. The summed E-state index contributed by atoms with van der Waals surface area (Å²) in [5.41, 5.74) is 3.95. The zero-order valence-electron chi connectivity index (χ0n) is 8.98. The summed E-state index contributed by atoms with van der Waals surface area (Å²) >= 11 is 0. The molecule has 0 N–H and O–H groups in total. The maximum absolute atomic E-state index is 4.49. The van der Waals surface area contributed by atoms with Crippen molar-refractivity contribution in [2.45, 2.75) is 26.2 Å². The van der Waals surface area contributed by atoms with E-state index in [1.165, 1.54) is 30.5 Å². The molecule has 76 valence electrons. The van der Waals surface area contributed by atoms with Crippen LogP contribution in [0.4, 0.5) is 0 Å². The van der Waals surface area contributed by atoms with E-state index in [9.17, 15) is 0 Å². The van der Waals surface area contributed by atoms with Gasteiger partial charge in [-0.1, -0.05) is 13.0 Å². The van der Waals surface area contributed by atoms with Crippen molar-refractivity contribution in [1.82, 2.24) is 4.98 Å². The van der Waals surface area contributed by atoms with Crippen molar-refractivity contribution in [3.8, 4) is 0 Å². The van der Waals surface area contributed by atoms with Gasteiger partial charge in [0.2, 0.25) is 0 Å². The van der Waals surface area contributed by atoms with Gasteiger partial charge in [-0.2, -0.15) is 0 Å². The van der Waals surface area contributed by atoms with Gasteiger partial charge in [0.25, 0.3) is 0 Å². The Labute approximate surface area is 89.6 Å². The largest absolute Gasteiger partial charge is 0.327 e. The molecule has 0 saturated carbocycles. The number of fused-ring (bicyclic) bond motifs is 3. The van der Waals surface area contributed by atoms with Gasteiger partial charge in [0.15, 0.2) is 0 Å². The van der Waals surface area contributed by atoms with E-state index in [0.717, 1.165) is 11.6 Å². The highest BCUT2D eigenvalue weighted by atomic mass is 15.0. The molecule has 0 bridgehead atoms. The molecule has 0 fully saturated rings. The fourth-order valence-electron chi connectivity index (χ4n) is 2.45. The Morgan fingerprint density at radius 2 is 2.33 bits per heavy atom. The normalized spacial score (nSPS) is 20.2. The van der Waals surface area contributed by atoms with Crippen molar-refractivity contribution in [1.29, 1.82) is 0 Å². The Morgan fingerprint density at radius 1 is 1.40 bits per heavy atom. The van der Waals surface area contributed by atoms with Crippen LogP contribution in [0.5, 0.6) is 0 Å². The summed E-state index contributed by atoms with van der Waals surface area (Å²) in [6.45, 7) is 2.32.